The van der Waals surface area contributed by atoms with Crippen molar-refractivity contribution < 1.29 is 9.47 Å². The Hall–Kier alpha value is -4.67. The molecule has 170 valence electrons. The maximum atomic E-state index is 9.50. The second-order valence-electron chi connectivity index (χ2n) is 7.19. The van der Waals surface area contributed by atoms with E-state index in [1.807, 2.05) is 36.5 Å². The van der Waals surface area contributed by atoms with E-state index in [1.54, 1.807) is 25.3 Å². The van der Waals surface area contributed by atoms with E-state index in [0.717, 1.165) is 5.56 Å². The first kappa shape index (κ1) is 22.5. The Bertz CT molecular complexity index is 1380. The number of aliphatic imine (C=N–C) groups is 1. The smallest absolute Gasteiger partial charge is 0.211 e. The summed E-state index contributed by atoms with van der Waals surface area (Å²) in [5.74, 6) is 1.58. The highest BCUT2D eigenvalue weighted by Crippen LogP contribution is 2.41. The SMILES string of the molecule is COc1ccc(C2N=C(NC#N)Nc3nc(N)c(C#N)c(N)c32)cc1COc1ccccc1Cl. The van der Waals surface area contributed by atoms with Crippen LogP contribution in [0.3, 0.4) is 0 Å². The van der Waals surface area contributed by atoms with Gasteiger partial charge < -0.3 is 26.3 Å². The fourth-order valence-electron chi connectivity index (χ4n) is 3.62. The van der Waals surface area contributed by atoms with Gasteiger partial charge in [-0.25, -0.2) is 9.98 Å². The van der Waals surface area contributed by atoms with Gasteiger partial charge in [-0.05, 0) is 29.8 Å². The number of nitrogens with one attached hydrogen (secondary N) is 2. The summed E-state index contributed by atoms with van der Waals surface area (Å²) < 4.78 is 11.4. The summed E-state index contributed by atoms with van der Waals surface area (Å²) in [7, 11) is 1.56. The van der Waals surface area contributed by atoms with Crippen LogP contribution in [0, 0.1) is 22.8 Å². The monoisotopic (exact) mass is 474 g/mol. The first-order chi connectivity index (χ1) is 16.5. The first-order valence-corrected chi connectivity index (χ1v) is 10.4. The molecule has 0 fully saturated rings. The molecule has 1 aliphatic heterocycles. The molecule has 0 saturated heterocycles. The fourth-order valence-corrected chi connectivity index (χ4v) is 3.81. The number of nitrogens with two attached hydrogens (primary N) is 2. The lowest BCUT2D eigenvalue weighted by molar-refractivity contribution is 0.296. The van der Waals surface area contributed by atoms with Crippen LogP contribution >= 0.6 is 11.6 Å². The Kier molecular flexibility index (Phi) is 6.26. The second kappa shape index (κ2) is 9.45. The van der Waals surface area contributed by atoms with E-state index in [1.165, 1.54) is 0 Å². The molecule has 4 rings (SSSR count). The van der Waals surface area contributed by atoms with E-state index in [-0.39, 0.29) is 29.6 Å². The normalized spacial score (nSPS) is 14.0. The molecule has 0 saturated carbocycles. The molecule has 0 aliphatic carbocycles. The van der Waals surface area contributed by atoms with Crippen LogP contribution in [-0.4, -0.2) is 18.1 Å². The molecule has 1 aromatic heterocycles. The van der Waals surface area contributed by atoms with Crippen molar-refractivity contribution in [2.45, 2.75) is 12.6 Å². The number of nitrogen functional groups attached to an aromatic ring is 2. The Morgan fingerprint density at radius 1 is 1.18 bits per heavy atom. The topological polar surface area (TPSA) is 167 Å². The van der Waals surface area contributed by atoms with Crippen molar-refractivity contribution >= 4 is 34.9 Å². The quantitative estimate of drug-likeness (QED) is 0.320. The molecule has 1 atom stereocenters. The molecule has 6 N–H and O–H groups in total. The standard InChI is InChI=1S/C23H19ClN8O2/c1-33-16-7-6-12(8-13(16)10-34-17-5-3-2-4-15(17)24)20-18-19(27)14(9-25)21(28)31-22(18)32-23(30-20)29-11-26/h2-8,20H,10H2,1H3,(H6,27,28,29,30,31,32). The van der Waals surface area contributed by atoms with Gasteiger partial charge >= 0.3 is 0 Å². The van der Waals surface area contributed by atoms with E-state index < -0.39 is 6.04 Å². The minimum absolute atomic E-state index is 0.0215. The number of fused-ring (bicyclic) bond motifs is 1. The Balaban J connectivity index is 1.79. The Morgan fingerprint density at radius 2 is 1.97 bits per heavy atom. The summed E-state index contributed by atoms with van der Waals surface area (Å²) in [5.41, 5.74) is 14.3. The summed E-state index contributed by atoms with van der Waals surface area (Å²) in [4.78, 5) is 8.84. The number of nitrogens with zero attached hydrogens (tertiary/aromatic N) is 4. The molecule has 0 bridgehead atoms. The third-order valence-electron chi connectivity index (χ3n) is 5.20. The summed E-state index contributed by atoms with van der Waals surface area (Å²) in [6, 6.07) is 13.9. The highest BCUT2D eigenvalue weighted by atomic mass is 35.5. The van der Waals surface area contributed by atoms with Crippen LogP contribution in [0.15, 0.2) is 47.5 Å². The number of nitriles is 2. The maximum Gasteiger partial charge on any atom is 0.211 e. The molecule has 34 heavy (non-hydrogen) atoms. The average molecular weight is 475 g/mol. The molecule has 2 heterocycles. The second-order valence-corrected chi connectivity index (χ2v) is 7.60. The largest absolute Gasteiger partial charge is 0.496 e. The van der Waals surface area contributed by atoms with Crippen molar-refractivity contribution in [3.63, 3.8) is 0 Å². The number of guanidine groups is 1. The molecule has 1 aliphatic rings. The van der Waals surface area contributed by atoms with Crippen LogP contribution in [0.4, 0.5) is 17.3 Å². The van der Waals surface area contributed by atoms with Gasteiger partial charge in [0.1, 0.15) is 47.4 Å². The predicted molar refractivity (Wildman–Crippen MR) is 128 cm³/mol. The van der Waals surface area contributed by atoms with Crippen molar-refractivity contribution in [2.75, 3.05) is 23.9 Å². The zero-order valence-electron chi connectivity index (χ0n) is 18.0. The highest BCUT2D eigenvalue weighted by Gasteiger charge is 2.30. The molecular weight excluding hydrogens is 456 g/mol. The fraction of sp³-hybridized carbons (Fsp3) is 0.130. The van der Waals surface area contributed by atoms with E-state index >= 15 is 0 Å². The number of pyridine rings is 1. The Labute approximate surface area is 200 Å². The lowest BCUT2D eigenvalue weighted by Gasteiger charge is -2.26. The van der Waals surface area contributed by atoms with Gasteiger partial charge in [-0.3, -0.25) is 5.32 Å². The highest BCUT2D eigenvalue weighted by molar-refractivity contribution is 6.32. The van der Waals surface area contributed by atoms with Crippen molar-refractivity contribution in [2.24, 2.45) is 4.99 Å². The van der Waals surface area contributed by atoms with Crippen LogP contribution < -0.4 is 31.6 Å². The van der Waals surface area contributed by atoms with Crippen LogP contribution in [0.1, 0.15) is 28.3 Å². The van der Waals surface area contributed by atoms with Crippen molar-refractivity contribution in [3.05, 3.63) is 69.7 Å². The average Bonchev–Trinajstić information content (AvgIpc) is 2.83. The summed E-state index contributed by atoms with van der Waals surface area (Å²) in [5, 5.41) is 24.4. The molecule has 10 nitrogen and oxygen atoms in total. The minimum atomic E-state index is -0.683. The van der Waals surface area contributed by atoms with E-state index in [9.17, 15) is 5.26 Å². The van der Waals surface area contributed by atoms with Gasteiger partial charge in [0.2, 0.25) is 5.96 Å². The minimum Gasteiger partial charge on any atom is -0.496 e. The third kappa shape index (κ3) is 4.18. The number of halogens is 1. The van der Waals surface area contributed by atoms with Crippen LogP contribution in [0.2, 0.25) is 5.02 Å². The number of hydrogen-bond donors (Lipinski definition) is 4. The van der Waals surface area contributed by atoms with Crippen LogP contribution in [0.5, 0.6) is 11.5 Å². The number of aromatic nitrogens is 1. The lowest BCUT2D eigenvalue weighted by Crippen LogP contribution is -2.32. The third-order valence-corrected chi connectivity index (χ3v) is 5.51. The zero-order chi connectivity index (χ0) is 24.2. The molecule has 11 heteroatoms. The van der Waals surface area contributed by atoms with Crippen molar-refractivity contribution in [1.29, 1.82) is 10.5 Å². The molecule has 0 radical (unpaired) electrons. The number of anilines is 3. The molecule has 2 aromatic carbocycles. The van der Waals surface area contributed by atoms with E-state index in [4.69, 9.17) is 37.8 Å². The number of ether oxygens (including phenoxy) is 2. The molecular formula is C23H19ClN8O2. The van der Waals surface area contributed by atoms with Gasteiger partial charge in [0.05, 0.1) is 17.8 Å². The number of hydrogen-bond acceptors (Lipinski definition) is 10. The van der Waals surface area contributed by atoms with Crippen molar-refractivity contribution in [1.82, 2.24) is 10.3 Å². The zero-order valence-corrected chi connectivity index (χ0v) is 18.7. The number of para-hydroxylation sites is 1. The molecule has 0 spiro atoms. The van der Waals surface area contributed by atoms with Gasteiger partial charge in [-0.2, -0.15) is 10.5 Å². The molecule has 3 aromatic rings. The van der Waals surface area contributed by atoms with Gasteiger partial charge in [0.15, 0.2) is 6.19 Å². The van der Waals surface area contributed by atoms with E-state index in [2.05, 4.69) is 20.6 Å². The summed E-state index contributed by atoms with van der Waals surface area (Å²) in [6.07, 6.45) is 1.83. The first-order valence-electron chi connectivity index (χ1n) is 9.99. The predicted octanol–water partition coefficient (Wildman–Crippen LogP) is 3.30. The number of rotatable bonds is 5. The number of benzene rings is 2. The lowest BCUT2D eigenvalue weighted by atomic mass is 9.94. The van der Waals surface area contributed by atoms with Gasteiger partial charge in [0.25, 0.3) is 0 Å². The van der Waals surface area contributed by atoms with Crippen LogP contribution in [0.25, 0.3) is 0 Å². The van der Waals surface area contributed by atoms with Crippen molar-refractivity contribution in [3.8, 4) is 23.8 Å². The van der Waals surface area contributed by atoms with Gasteiger partial charge in [-0.15, -0.1) is 0 Å². The van der Waals surface area contributed by atoms with E-state index in [0.29, 0.717) is 33.5 Å². The summed E-state index contributed by atoms with van der Waals surface area (Å²) in [6.45, 7) is 0.171. The maximum absolute atomic E-state index is 9.50. The van der Waals surface area contributed by atoms with Crippen LogP contribution in [-0.2, 0) is 6.61 Å². The molecule has 1 unspecified atom stereocenters. The van der Waals surface area contributed by atoms with Gasteiger partial charge in [0, 0.05) is 11.1 Å². The number of methoxy groups -OCH3 is 1. The Morgan fingerprint density at radius 3 is 2.68 bits per heavy atom. The summed E-state index contributed by atoms with van der Waals surface area (Å²) >= 11 is 6.21. The molecule has 0 amide bonds. The van der Waals surface area contributed by atoms with Gasteiger partial charge in [-0.1, -0.05) is 29.8 Å².